The molecule has 1 aliphatic heterocycles. The first kappa shape index (κ1) is 40.7. The topological polar surface area (TPSA) is 131 Å². The van der Waals surface area contributed by atoms with Crippen LogP contribution in [0.3, 0.4) is 0 Å². The minimum Gasteiger partial charge on any atom is -0.481 e. The number of hydrogen-bond acceptors (Lipinski definition) is 8. The van der Waals surface area contributed by atoms with Gasteiger partial charge in [0.05, 0.1) is 18.8 Å². The second kappa shape index (κ2) is 20.3. The largest absolute Gasteiger partial charge is 0.481 e. The molecule has 3 atom stereocenters. The highest BCUT2D eigenvalue weighted by Gasteiger charge is 2.33. The van der Waals surface area contributed by atoms with Crippen LogP contribution in [0.5, 0.6) is 0 Å². The number of carboxylic acid groups (broad SMARTS) is 1. The number of aliphatic carboxylic acids is 1. The SMILES string of the molecule is O=C(O)CCCCCCC(=O)NCc1cccc(-c2cccc([C@@H]3O[C@H](CSc4nc(-c5ccccc5)c(-c5ccccc5)o4)C[C@H](c4ccc(CO)cc4)O3)c2)c1. The lowest BCUT2D eigenvalue weighted by atomic mass is 9.99. The summed E-state index contributed by atoms with van der Waals surface area (Å²) >= 11 is 1.53. The summed E-state index contributed by atoms with van der Waals surface area (Å²) < 4.78 is 19.8. The van der Waals surface area contributed by atoms with Crippen LogP contribution in [0, 0.1) is 0 Å². The summed E-state index contributed by atoms with van der Waals surface area (Å²) in [5, 5.41) is 22.1. The Morgan fingerprint density at radius 1 is 0.690 bits per heavy atom. The first-order valence-corrected chi connectivity index (χ1v) is 20.8. The number of unbranched alkanes of at least 4 members (excludes halogenated alkanes) is 3. The normalized spacial score (nSPS) is 16.5. The molecule has 1 aliphatic rings. The Labute approximate surface area is 343 Å². The standard InChI is InChI=1S/C48H48N2O7S/c51-31-33-23-25-35(26-24-33)42-29-41(32-58-48-50-45(36-14-5-3-6-15-36)46(57-48)37-16-7-4-8-17-37)55-47(56-42)40-20-12-19-39(28-40)38-18-11-13-34(27-38)30-49-43(52)21-9-1-2-10-22-44(53)54/h3-8,11-20,23-28,41-42,47,51H,1-2,9-10,21-22,29-32H2,(H,49,52)(H,53,54)/t41-,42+,47+/m0/s1. The highest BCUT2D eigenvalue weighted by atomic mass is 32.2. The Kier molecular flexibility index (Phi) is 14.2. The fourth-order valence-corrected chi connectivity index (χ4v) is 7.90. The number of aliphatic hydroxyl groups is 1. The molecular formula is C48H48N2O7S. The van der Waals surface area contributed by atoms with Gasteiger partial charge in [0.1, 0.15) is 5.69 Å². The first-order valence-electron chi connectivity index (χ1n) is 19.8. The highest BCUT2D eigenvalue weighted by Crippen LogP contribution is 2.41. The van der Waals surface area contributed by atoms with E-state index in [0.29, 0.717) is 36.8 Å². The molecule has 0 bridgehead atoms. The van der Waals surface area contributed by atoms with E-state index in [9.17, 15) is 14.7 Å². The second-order valence-electron chi connectivity index (χ2n) is 14.5. The van der Waals surface area contributed by atoms with E-state index in [2.05, 4.69) is 29.6 Å². The number of nitrogens with zero attached hydrogens (tertiary/aromatic N) is 1. The lowest BCUT2D eigenvalue weighted by Gasteiger charge is -2.36. The van der Waals surface area contributed by atoms with Crippen molar-refractivity contribution in [2.24, 2.45) is 0 Å². The average molecular weight is 797 g/mol. The van der Waals surface area contributed by atoms with Gasteiger partial charge in [0.25, 0.3) is 5.22 Å². The number of thioether (sulfide) groups is 1. The number of ether oxygens (including phenoxy) is 2. The van der Waals surface area contributed by atoms with E-state index in [1.807, 2.05) is 109 Å². The number of carboxylic acids is 1. The first-order chi connectivity index (χ1) is 28.4. The molecule has 10 heteroatoms. The number of hydrogen-bond donors (Lipinski definition) is 3. The van der Waals surface area contributed by atoms with Gasteiger partial charge in [-0.2, -0.15) is 0 Å². The van der Waals surface area contributed by atoms with Gasteiger partial charge in [-0.15, -0.1) is 0 Å². The lowest BCUT2D eigenvalue weighted by molar-refractivity contribution is -0.245. The Morgan fingerprint density at radius 3 is 2.09 bits per heavy atom. The zero-order valence-corrected chi connectivity index (χ0v) is 33.1. The molecule has 7 rings (SSSR count). The van der Waals surface area contributed by atoms with Gasteiger partial charge in [-0.25, -0.2) is 4.98 Å². The molecule has 1 fully saturated rings. The predicted octanol–water partition coefficient (Wildman–Crippen LogP) is 10.5. The summed E-state index contributed by atoms with van der Waals surface area (Å²) in [6.07, 6.45) is 3.15. The van der Waals surface area contributed by atoms with Crippen LogP contribution < -0.4 is 5.32 Å². The molecule has 0 radical (unpaired) electrons. The summed E-state index contributed by atoms with van der Waals surface area (Å²) in [6, 6.07) is 44.3. The molecule has 1 aromatic heterocycles. The highest BCUT2D eigenvalue weighted by molar-refractivity contribution is 7.99. The van der Waals surface area contributed by atoms with Crippen molar-refractivity contribution in [3.8, 4) is 33.7 Å². The maximum Gasteiger partial charge on any atom is 0.303 e. The number of aromatic nitrogens is 1. The van der Waals surface area contributed by atoms with Gasteiger partial charge in [0.15, 0.2) is 12.1 Å². The summed E-state index contributed by atoms with van der Waals surface area (Å²) in [6.45, 7) is 0.390. The van der Waals surface area contributed by atoms with Crippen molar-refractivity contribution in [2.75, 3.05) is 5.75 Å². The van der Waals surface area contributed by atoms with Crippen LogP contribution >= 0.6 is 11.8 Å². The van der Waals surface area contributed by atoms with Crippen molar-refractivity contribution in [1.29, 1.82) is 0 Å². The number of benzene rings is 5. The zero-order valence-electron chi connectivity index (χ0n) is 32.3. The average Bonchev–Trinajstić information content (AvgIpc) is 3.71. The van der Waals surface area contributed by atoms with Crippen LogP contribution in [-0.2, 0) is 32.2 Å². The van der Waals surface area contributed by atoms with Crippen LogP contribution in [0.4, 0.5) is 0 Å². The Balaban J connectivity index is 1.05. The third-order valence-corrected chi connectivity index (χ3v) is 11.1. The Bertz CT molecular complexity index is 2190. The predicted molar refractivity (Wildman–Crippen MR) is 226 cm³/mol. The van der Waals surface area contributed by atoms with Crippen molar-refractivity contribution < 1.29 is 33.7 Å². The fourth-order valence-electron chi connectivity index (χ4n) is 7.06. The van der Waals surface area contributed by atoms with Crippen LogP contribution in [0.15, 0.2) is 143 Å². The maximum atomic E-state index is 12.5. The van der Waals surface area contributed by atoms with Crippen molar-refractivity contribution >= 4 is 23.6 Å². The van der Waals surface area contributed by atoms with Crippen LogP contribution in [-0.4, -0.2) is 38.9 Å². The summed E-state index contributed by atoms with van der Waals surface area (Å²) in [5.74, 6) is 0.525. The minimum absolute atomic E-state index is 0.0124. The third-order valence-electron chi connectivity index (χ3n) is 10.2. The van der Waals surface area contributed by atoms with E-state index in [4.69, 9.17) is 24.0 Å². The molecule has 3 N–H and O–H groups in total. The van der Waals surface area contributed by atoms with Gasteiger partial charge >= 0.3 is 5.97 Å². The van der Waals surface area contributed by atoms with Gasteiger partial charge in [0, 0.05) is 48.3 Å². The molecule has 298 valence electrons. The lowest BCUT2D eigenvalue weighted by Crippen LogP contribution is -2.31. The van der Waals surface area contributed by atoms with Gasteiger partial charge < -0.3 is 29.4 Å². The number of amides is 1. The van der Waals surface area contributed by atoms with Gasteiger partial charge in [-0.3, -0.25) is 9.59 Å². The molecule has 6 aromatic rings. The van der Waals surface area contributed by atoms with E-state index >= 15 is 0 Å². The number of aliphatic hydroxyl groups excluding tert-OH is 1. The Morgan fingerprint density at radius 2 is 1.36 bits per heavy atom. The fraction of sp³-hybridized carbons (Fsp3) is 0.271. The smallest absolute Gasteiger partial charge is 0.303 e. The van der Waals surface area contributed by atoms with Crippen molar-refractivity contribution in [3.05, 3.63) is 156 Å². The van der Waals surface area contributed by atoms with Crippen molar-refractivity contribution in [1.82, 2.24) is 10.3 Å². The monoisotopic (exact) mass is 796 g/mol. The molecule has 0 spiro atoms. The molecule has 0 unspecified atom stereocenters. The molecule has 58 heavy (non-hydrogen) atoms. The van der Waals surface area contributed by atoms with E-state index in [1.54, 1.807) is 0 Å². The number of nitrogens with one attached hydrogen (secondary N) is 1. The molecule has 1 amide bonds. The van der Waals surface area contributed by atoms with Gasteiger partial charge in [-0.05, 0) is 52.8 Å². The molecule has 0 saturated carbocycles. The van der Waals surface area contributed by atoms with Crippen LogP contribution in [0.1, 0.15) is 79.6 Å². The molecule has 0 aliphatic carbocycles. The molecule has 1 saturated heterocycles. The van der Waals surface area contributed by atoms with Gasteiger partial charge in [0.2, 0.25) is 5.91 Å². The molecular weight excluding hydrogens is 749 g/mol. The second-order valence-corrected chi connectivity index (χ2v) is 15.4. The number of carbonyl (C=O) groups is 2. The number of rotatable bonds is 18. The molecule has 2 heterocycles. The van der Waals surface area contributed by atoms with Crippen LogP contribution in [0.25, 0.3) is 33.7 Å². The summed E-state index contributed by atoms with van der Waals surface area (Å²) in [5.41, 5.74) is 8.49. The van der Waals surface area contributed by atoms with E-state index in [-0.39, 0.29) is 31.1 Å². The number of carbonyl (C=O) groups excluding carboxylic acids is 1. The van der Waals surface area contributed by atoms with Gasteiger partial charge in [-0.1, -0.05) is 146 Å². The molecule has 5 aromatic carbocycles. The third kappa shape index (κ3) is 11.1. The van der Waals surface area contributed by atoms with E-state index in [0.717, 1.165) is 75.2 Å². The summed E-state index contributed by atoms with van der Waals surface area (Å²) in [4.78, 5) is 28.2. The van der Waals surface area contributed by atoms with Crippen molar-refractivity contribution in [3.63, 3.8) is 0 Å². The van der Waals surface area contributed by atoms with E-state index in [1.165, 1.54) is 11.8 Å². The Hall–Kier alpha value is -5.52. The molecule has 9 nitrogen and oxygen atoms in total. The number of oxazole rings is 1. The summed E-state index contributed by atoms with van der Waals surface area (Å²) in [7, 11) is 0. The quantitative estimate of drug-likeness (QED) is 0.0574. The van der Waals surface area contributed by atoms with E-state index < -0.39 is 12.3 Å². The minimum atomic E-state index is -0.781. The zero-order chi connectivity index (χ0) is 40.1. The van der Waals surface area contributed by atoms with Crippen LogP contribution in [0.2, 0.25) is 0 Å². The van der Waals surface area contributed by atoms with Crippen molar-refractivity contribution in [2.45, 2.75) is 81.8 Å². The maximum absolute atomic E-state index is 12.5.